The van der Waals surface area contributed by atoms with Crippen molar-refractivity contribution in [2.75, 3.05) is 50.8 Å². The lowest BCUT2D eigenvalue weighted by Crippen LogP contribution is -2.53. The number of unbranched alkanes of at least 4 members (excludes halogenated alkanes) is 1. The van der Waals surface area contributed by atoms with E-state index in [0.717, 1.165) is 83.5 Å². The smallest absolute Gasteiger partial charge is 0.409 e. The Morgan fingerprint density at radius 2 is 1.84 bits per heavy atom. The SMILES string of the molecule is CCCCNC(=O)N1CC2(CCN(C3CCN(C(=O)OCC)CC3)CC2)c2ccccc21.[HH]. The normalized spacial score (nSPS) is 20.9. The molecule has 1 aromatic rings. The van der Waals surface area contributed by atoms with Crippen molar-refractivity contribution in [3.05, 3.63) is 29.8 Å². The van der Waals surface area contributed by atoms with Crippen LogP contribution in [0, 0.1) is 0 Å². The van der Waals surface area contributed by atoms with E-state index >= 15 is 0 Å². The fourth-order valence-corrected chi connectivity index (χ4v) is 5.65. The zero-order valence-corrected chi connectivity index (χ0v) is 19.6. The summed E-state index contributed by atoms with van der Waals surface area (Å²) in [5.41, 5.74) is 2.47. The Balaban J connectivity index is 0.00000306. The molecule has 3 aliphatic heterocycles. The number of para-hydroxylation sites is 1. The van der Waals surface area contributed by atoms with Crippen molar-refractivity contribution < 1.29 is 15.8 Å². The fourth-order valence-electron chi connectivity index (χ4n) is 5.65. The molecule has 1 aromatic carbocycles. The molecule has 1 N–H and O–H groups in total. The molecule has 3 amide bonds. The van der Waals surface area contributed by atoms with Gasteiger partial charge in [-0.25, -0.2) is 9.59 Å². The number of urea groups is 1. The molecule has 0 saturated carbocycles. The summed E-state index contributed by atoms with van der Waals surface area (Å²) in [6.45, 7) is 9.58. The van der Waals surface area contributed by atoms with Crippen LogP contribution in [0.25, 0.3) is 0 Å². The minimum absolute atomic E-state index is 0. The molecule has 3 heterocycles. The van der Waals surface area contributed by atoms with Gasteiger partial charge in [-0.05, 0) is 63.7 Å². The van der Waals surface area contributed by atoms with Gasteiger partial charge in [-0.15, -0.1) is 0 Å². The second-order valence-electron chi connectivity index (χ2n) is 9.42. The Bertz CT molecular complexity index is 805. The van der Waals surface area contributed by atoms with Gasteiger partial charge >= 0.3 is 12.1 Å². The number of carbonyl (C=O) groups excluding carboxylic acids is 2. The lowest BCUT2D eigenvalue weighted by Gasteiger charge is -2.45. The molecule has 4 rings (SSSR count). The second-order valence-corrected chi connectivity index (χ2v) is 9.42. The van der Waals surface area contributed by atoms with Gasteiger partial charge in [0.2, 0.25) is 0 Å². The van der Waals surface area contributed by atoms with Crippen LogP contribution in [0.5, 0.6) is 0 Å². The number of piperidine rings is 2. The Morgan fingerprint density at radius 1 is 1.12 bits per heavy atom. The Hall–Kier alpha value is -2.28. The van der Waals surface area contributed by atoms with Crippen LogP contribution in [-0.2, 0) is 10.2 Å². The summed E-state index contributed by atoms with van der Waals surface area (Å²) in [6.07, 6.45) is 6.07. The molecule has 32 heavy (non-hydrogen) atoms. The van der Waals surface area contributed by atoms with Crippen LogP contribution in [0.15, 0.2) is 24.3 Å². The highest BCUT2D eigenvalue weighted by Gasteiger charge is 2.47. The minimum atomic E-state index is -0.177. The number of carbonyl (C=O) groups is 2. The molecule has 3 aliphatic rings. The Kier molecular flexibility index (Phi) is 7.23. The number of likely N-dealkylation sites (tertiary alicyclic amines) is 2. The van der Waals surface area contributed by atoms with Gasteiger partial charge in [0.1, 0.15) is 0 Å². The van der Waals surface area contributed by atoms with Crippen molar-refractivity contribution in [1.82, 2.24) is 15.1 Å². The van der Waals surface area contributed by atoms with Gasteiger partial charge < -0.3 is 19.9 Å². The van der Waals surface area contributed by atoms with Crippen molar-refractivity contribution in [3.8, 4) is 0 Å². The molecule has 2 fully saturated rings. The number of nitrogens with zero attached hydrogens (tertiary/aromatic N) is 3. The van der Waals surface area contributed by atoms with Crippen molar-refractivity contribution >= 4 is 17.8 Å². The lowest BCUT2D eigenvalue weighted by molar-refractivity contribution is 0.0580. The quantitative estimate of drug-likeness (QED) is 0.691. The number of fused-ring (bicyclic) bond motifs is 2. The van der Waals surface area contributed by atoms with E-state index in [1.165, 1.54) is 5.56 Å². The second kappa shape index (κ2) is 10.1. The van der Waals surface area contributed by atoms with E-state index in [1.807, 2.05) is 22.8 Å². The third-order valence-corrected chi connectivity index (χ3v) is 7.54. The Morgan fingerprint density at radius 3 is 2.53 bits per heavy atom. The van der Waals surface area contributed by atoms with Gasteiger partial charge in [-0.2, -0.15) is 0 Å². The van der Waals surface area contributed by atoms with Crippen LogP contribution >= 0.6 is 0 Å². The van der Waals surface area contributed by atoms with Crippen LogP contribution in [-0.4, -0.2) is 73.8 Å². The predicted octanol–water partition coefficient (Wildman–Crippen LogP) is 4.22. The van der Waals surface area contributed by atoms with E-state index in [-0.39, 0.29) is 19.0 Å². The lowest BCUT2D eigenvalue weighted by atomic mass is 9.74. The van der Waals surface area contributed by atoms with E-state index < -0.39 is 0 Å². The van der Waals surface area contributed by atoms with Gasteiger partial charge in [0.15, 0.2) is 0 Å². The van der Waals surface area contributed by atoms with Crippen LogP contribution < -0.4 is 10.2 Å². The van der Waals surface area contributed by atoms with Gasteiger partial charge in [0, 0.05) is 44.7 Å². The number of ether oxygens (including phenoxy) is 1. The predicted molar refractivity (Wildman–Crippen MR) is 128 cm³/mol. The fraction of sp³-hybridized carbons (Fsp3) is 0.680. The van der Waals surface area contributed by atoms with E-state index in [9.17, 15) is 9.59 Å². The largest absolute Gasteiger partial charge is 0.450 e. The topological polar surface area (TPSA) is 65.1 Å². The maximum Gasteiger partial charge on any atom is 0.409 e. The molecule has 0 radical (unpaired) electrons. The van der Waals surface area contributed by atoms with Gasteiger partial charge in [-0.1, -0.05) is 31.5 Å². The molecule has 0 aromatic heterocycles. The molecule has 0 aliphatic carbocycles. The number of nitrogens with one attached hydrogen (secondary N) is 1. The molecule has 0 unspecified atom stereocenters. The number of hydrogen-bond acceptors (Lipinski definition) is 4. The van der Waals surface area contributed by atoms with E-state index in [4.69, 9.17) is 4.74 Å². The van der Waals surface area contributed by atoms with Crippen LogP contribution in [0.4, 0.5) is 15.3 Å². The summed E-state index contributed by atoms with van der Waals surface area (Å²) >= 11 is 0. The molecule has 0 bridgehead atoms. The van der Waals surface area contributed by atoms with Gasteiger partial charge in [-0.3, -0.25) is 4.90 Å². The molecule has 7 heteroatoms. The Labute approximate surface area is 193 Å². The molecule has 7 nitrogen and oxygen atoms in total. The van der Waals surface area contributed by atoms with E-state index in [0.29, 0.717) is 12.6 Å². The molecule has 178 valence electrons. The monoisotopic (exact) mass is 444 g/mol. The van der Waals surface area contributed by atoms with E-state index in [1.54, 1.807) is 0 Å². The van der Waals surface area contributed by atoms with Crippen LogP contribution in [0.1, 0.15) is 59.4 Å². The zero-order chi connectivity index (χ0) is 22.6. The number of anilines is 1. The zero-order valence-electron chi connectivity index (χ0n) is 19.6. The van der Waals surface area contributed by atoms with E-state index in [2.05, 4.69) is 35.3 Å². The third-order valence-electron chi connectivity index (χ3n) is 7.54. The first-order chi connectivity index (χ1) is 15.6. The van der Waals surface area contributed by atoms with Crippen molar-refractivity contribution in [3.63, 3.8) is 0 Å². The highest BCUT2D eigenvalue weighted by molar-refractivity contribution is 5.95. The van der Waals surface area contributed by atoms with Gasteiger partial charge in [0.25, 0.3) is 0 Å². The van der Waals surface area contributed by atoms with Crippen molar-refractivity contribution in [2.24, 2.45) is 0 Å². The molecule has 0 atom stereocenters. The summed E-state index contributed by atoms with van der Waals surface area (Å²) in [5, 5.41) is 3.11. The third kappa shape index (κ3) is 4.58. The first-order valence-electron chi connectivity index (χ1n) is 12.4. The molecular formula is C25H40N4O3. The highest BCUT2D eigenvalue weighted by Crippen LogP contribution is 2.47. The maximum atomic E-state index is 12.9. The summed E-state index contributed by atoms with van der Waals surface area (Å²) < 4.78 is 5.15. The standard InChI is InChI=1S/C25H38N4O3.H2/c1-3-5-14-26-23(30)29-19-25(21-8-6-7-9-22(21)29)12-17-27(18-13-25)20-10-15-28(16-11-20)24(31)32-4-2;/h6-9,20H,3-5,10-19H2,1-2H3,(H,26,30);1H. The number of benzene rings is 1. The molecule has 2 saturated heterocycles. The average molecular weight is 445 g/mol. The number of hydrogen-bond donors (Lipinski definition) is 1. The van der Waals surface area contributed by atoms with Crippen molar-refractivity contribution in [1.29, 1.82) is 0 Å². The highest BCUT2D eigenvalue weighted by atomic mass is 16.6. The van der Waals surface area contributed by atoms with Gasteiger partial charge in [0.05, 0.1) is 6.61 Å². The maximum absolute atomic E-state index is 12.9. The average Bonchev–Trinajstić information content (AvgIpc) is 3.14. The number of rotatable bonds is 5. The van der Waals surface area contributed by atoms with Crippen molar-refractivity contribution in [2.45, 2.75) is 63.8 Å². The number of amides is 3. The first kappa shape index (κ1) is 22.9. The summed E-state index contributed by atoms with van der Waals surface area (Å²) in [5.74, 6) is 0. The molecule has 1 spiro atoms. The minimum Gasteiger partial charge on any atom is -0.450 e. The summed E-state index contributed by atoms with van der Waals surface area (Å²) in [4.78, 5) is 31.3. The molecular weight excluding hydrogens is 404 g/mol. The summed E-state index contributed by atoms with van der Waals surface area (Å²) in [7, 11) is 0. The first-order valence-corrected chi connectivity index (χ1v) is 12.4. The summed E-state index contributed by atoms with van der Waals surface area (Å²) in [6, 6.07) is 9.04. The van der Waals surface area contributed by atoms with Crippen LogP contribution in [0.2, 0.25) is 0 Å². The van der Waals surface area contributed by atoms with Crippen LogP contribution in [0.3, 0.4) is 0 Å².